The number of halogens is 4. The molecule has 1 fully saturated rings. The first-order valence-electron chi connectivity index (χ1n) is 12.1. The van der Waals surface area contributed by atoms with Crippen LogP contribution in [0.2, 0.25) is 0 Å². The molecule has 2 heterocycles. The highest BCUT2D eigenvalue weighted by Gasteiger charge is 2.45. The van der Waals surface area contributed by atoms with Crippen molar-refractivity contribution in [3.05, 3.63) is 59.2 Å². The van der Waals surface area contributed by atoms with Gasteiger partial charge in [0.25, 0.3) is 0 Å². The Hall–Kier alpha value is -3.40. The van der Waals surface area contributed by atoms with Crippen molar-refractivity contribution in [1.29, 1.82) is 0 Å². The molecule has 1 saturated carbocycles. The molecule has 0 aliphatic heterocycles. The van der Waals surface area contributed by atoms with Gasteiger partial charge in [-0.05, 0) is 55.4 Å². The van der Waals surface area contributed by atoms with Crippen LogP contribution in [-0.2, 0) is 14.9 Å². The summed E-state index contributed by atoms with van der Waals surface area (Å²) in [7, 11) is 1.53. The molecular formula is C27H27F4N3O3. The van der Waals surface area contributed by atoms with Gasteiger partial charge in [-0.25, -0.2) is 22.4 Å². The van der Waals surface area contributed by atoms with Crippen LogP contribution in [-0.4, -0.2) is 45.2 Å². The molecule has 6 nitrogen and oxygen atoms in total. The van der Waals surface area contributed by atoms with Crippen molar-refractivity contribution < 1.29 is 32.2 Å². The number of fused-ring (bicyclic) bond motifs is 2. The van der Waals surface area contributed by atoms with E-state index in [0.29, 0.717) is 22.2 Å². The molecular weight excluding hydrogens is 490 g/mol. The fourth-order valence-corrected chi connectivity index (χ4v) is 5.79. The van der Waals surface area contributed by atoms with E-state index in [-0.39, 0.29) is 54.8 Å². The zero-order valence-electron chi connectivity index (χ0n) is 20.7. The van der Waals surface area contributed by atoms with E-state index in [4.69, 9.17) is 4.74 Å². The standard InChI is InChI=1S/C27H27F4N3O3/c1-26(2,13-37-3)24-20(14-6-8-27(31,9-7-14)25(35)36)21-19(10-15-12-32-33-23(15)22(21)30)34(24)16-4-5-17(28)18(29)11-16/h4-5,10-12,14H,6-9,13H2,1-3H3,(H,32,33)(H,35,36)/t14-,27+. The molecule has 10 heteroatoms. The number of hydrogen-bond donors (Lipinski definition) is 2. The molecule has 0 radical (unpaired) electrons. The Morgan fingerprint density at radius 3 is 2.54 bits per heavy atom. The Labute approximate surface area is 210 Å². The van der Waals surface area contributed by atoms with Crippen LogP contribution < -0.4 is 0 Å². The van der Waals surface area contributed by atoms with Gasteiger partial charge in [0, 0.05) is 40.7 Å². The van der Waals surface area contributed by atoms with Crippen LogP contribution in [0.5, 0.6) is 0 Å². The highest BCUT2D eigenvalue weighted by Crippen LogP contribution is 2.49. The highest BCUT2D eigenvalue weighted by molar-refractivity contribution is 6.00. The summed E-state index contributed by atoms with van der Waals surface area (Å²) in [6, 6.07) is 5.22. The number of H-pyrrole nitrogens is 1. The van der Waals surface area contributed by atoms with Gasteiger partial charge in [-0.1, -0.05) is 13.8 Å². The van der Waals surface area contributed by atoms with Crippen LogP contribution in [0.4, 0.5) is 17.6 Å². The molecule has 0 unspecified atom stereocenters. The third kappa shape index (κ3) is 3.98. The van der Waals surface area contributed by atoms with Crippen molar-refractivity contribution in [1.82, 2.24) is 14.8 Å². The number of alkyl halides is 1. The second-order valence-corrected chi connectivity index (χ2v) is 10.5. The predicted octanol–water partition coefficient (Wildman–Crippen LogP) is 6.30. The third-order valence-electron chi connectivity index (χ3n) is 7.52. The molecule has 0 atom stereocenters. The highest BCUT2D eigenvalue weighted by atomic mass is 19.2. The molecule has 0 amide bonds. The Balaban J connectivity index is 1.87. The smallest absolute Gasteiger partial charge is 0.341 e. The van der Waals surface area contributed by atoms with Gasteiger partial charge in [0.1, 0.15) is 5.52 Å². The van der Waals surface area contributed by atoms with Crippen LogP contribution in [0.1, 0.15) is 56.7 Å². The van der Waals surface area contributed by atoms with Gasteiger partial charge in [0.2, 0.25) is 5.67 Å². The lowest BCUT2D eigenvalue weighted by Crippen LogP contribution is -2.38. The minimum Gasteiger partial charge on any atom is -0.479 e. The average molecular weight is 518 g/mol. The summed E-state index contributed by atoms with van der Waals surface area (Å²) in [4.78, 5) is 11.5. The van der Waals surface area contributed by atoms with E-state index in [1.807, 2.05) is 13.8 Å². The lowest BCUT2D eigenvalue weighted by Gasteiger charge is -2.34. The number of ether oxygens (including phenoxy) is 1. The SMILES string of the molecule is COCC(C)(C)c1c([C@H]2CC[C@](F)(C(=O)O)CC2)c2c(F)c3[nH]ncc3cc2n1-c1ccc(F)c(F)c1. The van der Waals surface area contributed by atoms with E-state index in [2.05, 4.69) is 10.2 Å². The normalized spacial score (nSPS) is 20.7. The summed E-state index contributed by atoms with van der Waals surface area (Å²) in [5.41, 5.74) is -0.992. The molecule has 4 aromatic rings. The van der Waals surface area contributed by atoms with Crippen LogP contribution in [0.25, 0.3) is 27.5 Å². The molecule has 2 aromatic heterocycles. The number of hydrogen-bond acceptors (Lipinski definition) is 3. The minimum atomic E-state index is -2.34. The number of aliphatic carboxylic acids is 1. The first-order valence-corrected chi connectivity index (χ1v) is 12.1. The number of methoxy groups -OCH3 is 1. The van der Waals surface area contributed by atoms with E-state index >= 15 is 4.39 Å². The van der Waals surface area contributed by atoms with Crippen LogP contribution >= 0.6 is 0 Å². The number of benzene rings is 2. The van der Waals surface area contributed by atoms with Gasteiger partial charge >= 0.3 is 5.97 Å². The van der Waals surface area contributed by atoms with Gasteiger partial charge in [-0.2, -0.15) is 5.10 Å². The quantitative estimate of drug-likeness (QED) is 0.294. The largest absolute Gasteiger partial charge is 0.479 e. The van der Waals surface area contributed by atoms with Crippen molar-refractivity contribution in [3.8, 4) is 5.69 Å². The van der Waals surface area contributed by atoms with E-state index in [0.717, 1.165) is 12.1 Å². The topological polar surface area (TPSA) is 80.1 Å². The molecule has 2 aromatic carbocycles. The maximum atomic E-state index is 16.2. The number of carboxylic acids is 1. The van der Waals surface area contributed by atoms with Crippen molar-refractivity contribution in [2.45, 2.75) is 56.5 Å². The summed E-state index contributed by atoms with van der Waals surface area (Å²) in [5.74, 6) is -4.51. The van der Waals surface area contributed by atoms with Gasteiger partial charge in [0.15, 0.2) is 17.5 Å². The number of aromatic nitrogens is 3. The van der Waals surface area contributed by atoms with Gasteiger partial charge in [-0.3, -0.25) is 5.10 Å². The number of aromatic amines is 1. The van der Waals surface area contributed by atoms with E-state index < -0.39 is 34.5 Å². The fourth-order valence-electron chi connectivity index (χ4n) is 5.79. The summed E-state index contributed by atoms with van der Waals surface area (Å²) >= 11 is 0. The second kappa shape index (κ2) is 8.86. The second-order valence-electron chi connectivity index (χ2n) is 10.5. The lowest BCUT2D eigenvalue weighted by atomic mass is 9.73. The van der Waals surface area contributed by atoms with E-state index in [1.165, 1.54) is 19.4 Å². The first kappa shape index (κ1) is 25.3. The molecule has 0 bridgehead atoms. The lowest BCUT2D eigenvalue weighted by molar-refractivity contribution is -0.153. The molecule has 1 aliphatic rings. The Morgan fingerprint density at radius 1 is 1.22 bits per heavy atom. The Bertz CT molecular complexity index is 1520. The maximum absolute atomic E-state index is 16.2. The van der Waals surface area contributed by atoms with Crippen LogP contribution in [0.15, 0.2) is 30.5 Å². The van der Waals surface area contributed by atoms with Crippen LogP contribution in [0, 0.1) is 17.5 Å². The molecule has 37 heavy (non-hydrogen) atoms. The number of carbonyl (C=O) groups is 1. The molecule has 1 aliphatic carbocycles. The van der Waals surface area contributed by atoms with E-state index in [9.17, 15) is 23.1 Å². The molecule has 196 valence electrons. The number of carboxylic acid groups (broad SMARTS) is 1. The van der Waals surface area contributed by atoms with Gasteiger partial charge in [0.05, 0.1) is 18.3 Å². The van der Waals surface area contributed by atoms with Gasteiger partial charge < -0.3 is 14.4 Å². The Kier molecular flexibility index (Phi) is 6.05. The van der Waals surface area contributed by atoms with Crippen LogP contribution in [0.3, 0.4) is 0 Å². The summed E-state index contributed by atoms with van der Waals surface area (Å²) in [6.07, 6.45) is 1.39. The summed E-state index contributed by atoms with van der Waals surface area (Å²) < 4.78 is 66.7. The minimum absolute atomic E-state index is 0.177. The molecule has 0 spiro atoms. The Morgan fingerprint density at radius 2 is 1.92 bits per heavy atom. The molecule has 2 N–H and O–H groups in total. The zero-order chi connectivity index (χ0) is 26.7. The average Bonchev–Trinajstić information content (AvgIpc) is 3.45. The van der Waals surface area contributed by atoms with Crippen molar-refractivity contribution in [2.75, 3.05) is 13.7 Å². The third-order valence-corrected chi connectivity index (χ3v) is 7.52. The first-order chi connectivity index (χ1) is 17.5. The fraction of sp³-hybridized carbons (Fsp3) is 0.407. The molecule has 5 rings (SSSR count). The van der Waals surface area contributed by atoms with Crippen molar-refractivity contribution in [2.24, 2.45) is 0 Å². The van der Waals surface area contributed by atoms with E-state index in [1.54, 1.807) is 10.6 Å². The predicted molar refractivity (Wildman–Crippen MR) is 130 cm³/mol. The maximum Gasteiger partial charge on any atom is 0.341 e. The summed E-state index contributed by atoms with van der Waals surface area (Å²) in [6.45, 7) is 4.01. The number of rotatable bonds is 6. The summed E-state index contributed by atoms with van der Waals surface area (Å²) in [5, 5.41) is 16.8. The number of nitrogens with zero attached hydrogens (tertiary/aromatic N) is 2. The van der Waals surface area contributed by atoms with Crippen molar-refractivity contribution >= 4 is 27.8 Å². The monoisotopic (exact) mass is 517 g/mol. The zero-order valence-corrected chi connectivity index (χ0v) is 20.7. The molecule has 0 saturated heterocycles. The van der Waals surface area contributed by atoms with Crippen molar-refractivity contribution in [3.63, 3.8) is 0 Å². The number of nitrogens with one attached hydrogen (secondary N) is 1. The van der Waals surface area contributed by atoms with Gasteiger partial charge in [-0.15, -0.1) is 0 Å².